The lowest BCUT2D eigenvalue weighted by Crippen LogP contribution is -2.32. The Bertz CT molecular complexity index is 344. The second-order valence-electron chi connectivity index (χ2n) is 3.92. The second-order valence-corrected chi connectivity index (χ2v) is 3.92. The van der Waals surface area contributed by atoms with Crippen molar-refractivity contribution >= 4 is 18.2 Å². The van der Waals surface area contributed by atoms with E-state index in [1.165, 1.54) is 18.2 Å². The molecule has 0 fully saturated rings. The van der Waals surface area contributed by atoms with Crippen molar-refractivity contribution in [3.05, 3.63) is 0 Å². The molecule has 6 heteroatoms. The van der Waals surface area contributed by atoms with Gasteiger partial charge < -0.3 is 0 Å². The smallest absolute Gasteiger partial charge is 0.211 e. The molecule has 6 nitrogen and oxygen atoms in total. The van der Waals surface area contributed by atoms with Crippen LogP contribution in [0.15, 0.2) is 15.0 Å². The summed E-state index contributed by atoms with van der Waals surface area (Å²) in [6.07, 6.45) is 7.87. The Kier molecular flexibility index (Phi) is 8.25. The SMILES string of the molecule is CCCCC(CCC)C(N=C=O)(N=C=O)N=C=O. The quantitative estimate of drug-likeness (QED) is 0.465. The average Bonchev–Trinajstić information content (AvgIpc) is 2.35. The van der Waals surface area contributed by atoms with Crippen molar-refractivity contribution in [1.82, 2.24) is 0 Å². The van der Waals surface area contributed by atoms with Gasteiger partial charge in [0, 0.05) is 5.92 Å². The van der Waals surface area contributed by atoms with Crippen LogP contribution in [0.2, 0.25) is 0 Å². The fourth-order valence-electron chi connectivity index (χ4n) is 1.88. The monoisotopic (exact) mass is 251 g/mol. The summed E-state index contributed by atoms with van der Waals surface area (Å²) in [6, 6.07) is 0. The molecular weight excluding hydrogens is 234 g/mol. The van der Waals surface area contributed by atoms with E-state index in [9.17, 15) is 14.4 Å². The first kappa shape index (κ1) is 16.1. The van der Waals surface area contributed by atoms with Crippen molar-refractivity contribution in [2.24, 2.45) is 20.9 Å². The minimum Gasteiger partial charge on any atom is -0.211 e. The maximum atomic E-state index is 10.5. The zero-order valence-corrected chi connectivity index (χ0v) is 10.7. The molecule has 0 heterocycles. The zero-order valence-electron chi connectivity index (χ0n) is 10.7. The number of hydrogen-bond donors (Lipinski definition) is 0. The van der Waals surface area contributed by atoms with E-state index >= 15 is 0 Å². The minimum absolute atomic E-state index is 0.299. The summed E-state index contributed by atoms with van der Waals surface area (Å²) in [6.45, 7) is 3.96. The first-order valence-corrected chi connectivity index (χ1v) is 5.97. The number of hydrogen-bond acceptors (Lipinski definition) is 6. The molecule has 0 aromatic rings. The zero-order chi connectivity index (χ0) is 13.9. The highest BCUT2D eigenvalue weighted by molar-refractivity contribution is 5.42. The van der Waals surface area contributed by atoms with Crippen LogP contribution in [0, 0.1) is 5.92 Å². The van der Waals surface area contributed by atoms with E-state index in [1.807, 2.05) is 13.8 Å². The van der Waals surface area contributed by atoms with E-state index in [4.69, 9.17) is 0 Å². The van der Waals surface area contributed by atoms with Crippen LogP contribution in [0.25, 0.3) is 0 Å². The number of aliphatic imine (C=N–C) groups is 3. The summed E-state index contributed by atoms with van der Waals surface area (Å²) in [5, 5.41) is 0. The normalized spacial score (nSPS) is 14.3. The first-order valence-electron chi connectivity index (χ1n) is 5.97. The molecule has 0 N–H and O–H groups in total. The molecule has 0 amide bonds. The molecule has 0 bridgehead atoms. The van der Waals surface area contributed by atoms with Crippen LogP contribution in [-0.4, -0.2) is 24.0 Å². The van der Waals surface area contributed by atoms with Crippen LogP contribution in [-0.2, 0) is 14.4 Å². The third-order valence-corrected chi connectivity index (χ3v) is 2.72. The Morgan fingerprint density at radius 3 is 1.72 bits per heavy atom. The summed E-state index contributed by atoms with van der Waals surface area (Å²) in [4.78, 5) is 41.8. The van der Waals surface area contributed by atoms with Crippen LogP contribution < -0.4 is 0 Å². The van der Waals surface area contributed by atoms with Gasteiger partial charge in [0.1, 0.15) is 0 Å². The minimum atomic E-state index is -1.73. The molecule has 0 spiro atoms. The highest BCUT2D eigenvalue weighted by Gasteiger charge is 2.38. The molecule has 98 valence electrons. The number of isocyanates is 3. The maximum absolute atomic E-state index is 10.5. The van der Waals surface area contributed by atoms with E-state index < -0.39 is 5.79 Å². The fraction of sp³-hybridized carbons (Fsp3) is 0.750. The van der Waals surface area contributed by atoms with E-state index in [-0.39, 0.29) is 5.92 Å². The van der Waals surface area contributed by atoms with Gasteiger partial charge in [-0.25, -0.2) is 14.4 Å². The highest BCUT2D eigenvalue weighted by atomic mass is 16.1. The highest BCUT2D eigenvalue weighted by Crippen LogP contribution is 2.32. The molecular formula is C12H17N3O3. The van der Waals surface area contributed by atoms with Crippen molar-refractivity contribution in [1.29, 1.82) is 0 Å². The largest absolute Gasteiger partial charge is 0.280 e. The van der Waals surface area contributed by atoms with Crippen molar-refractivity contribution < 1.29 is 14.4 Å². The Balaban J connectivity index is 5.48. The number of rotatable bonds is 9. The third kappa shape index (κ3) is 4.56. The van der Waals surface area contributed by atoms with Gasteiger partial charge in [0.2, 0.25) is 18.2 Å². The summed E-state index contributed by atoms with van der Waals surface area (Å²) >= 11 is 0. The maximum Gasteiger partial charge on any atom is 0.280 e. The second kappa shape index (κ2) is 9.20. The van der Waals surface area contributed by atoms with Gasteiger partial charge in [0.25, 0.3) is 5.79 Å². The summed E-state index contributed by atoms with van der Waals surface area (Å²) in [7, 11) is 0. The predicted octanol–water partition coefficient (Wildman–Crippen LogP) is 2.25. The van der Waals surface area contributed by atoms with Gasteiger partial charge >= 0.3 is 0 Å². The Morgan fingerprint density at radius 1 is 0.889 bits per heavy atom. The van der Waals surface area contributed by atoms with E-state index in [0.29, 0.717) is 12.8 Å². The lowest BCUT2D eigenvalue weighted by Gasteiger charge is -2.26. The van der Waals surface area contributed by atoms with Crippen molar-refractivity contribution in [2.45, 2.75) is 51.7 Å². The van der Waals surface area contributed by atoms with Crippen LogP contribution in [0.1, 0.15) is 46.0 Å². The van der Waals surface area contributed by atoms with Crippen molar-refractivity contribution in [3.63, 3.8) is 0 Å². The molecule has 0 aliphatic rings. The van der Waals surface area contributed by atoms with Crippen LogP contribution in [0.4, 0.5) is 0 Å². The van der Waals surface area contributed by atoms with Gasteiger partial charge in [-0.2, -0.15) is 0 Å². The molecule has 0 aromatic carbocycles. The van der Waals surface area contributed by atoms with Gasteiger partial charge in [-0.15, -0.1) is 15.0 Å². The standard InChI is InChI=1S/C12H17N3O3/c1-3-5-7-11(6-4-2)12(13-8-16,14-9-17)15-10-18/h11H,3-7H2,1-2H3. The van der Waals surface area contributed by atoms with Gasteiger partial charge in [0.05, 0.1) is 0 Å². The molecule has 0 aliphatic heterocycles. The molecule has 0 aliphatic carbocycles. The van der Waals surface area contributed by atoms with Crippen molar-refractivity contribution in [3.8, 4) is 0 Å². The van der Waals surface area contributed by atoms with Gasteiger partial charge in [-0.05, 0) is 12.8 Å². The first-order chi connectivity index (χ1) is 8.70. The average molecular weight is 251 g/mol. The molecule has 0 aromatic heterocycles. The van der Waals surface area contributed by atoms with E-state index in [0.717, 1.165) is 19.3 Å². The van der Waals surface area contributed by atoms with Crippen LogP contribution >= 0.6 is 0 Å². The van der Waals surface area contributed by atoms with Crippen LogP contribution in [0.3, 0.4) is 0 Å². The molecule has 0 saturated carbocycles. The Hall–Kier alpha value is -1.86. The Morgan fingerprint density at radius 2 is 1.39 bits per heavy atom. The molecule has 1 atom stereocenters. The van der Waals surface area contributed by atoms with E-state index in [1.54, 1.807) is 0 Å². The summed E-state index contributed by atoms with van der Waals surface area (Å²) in [5.41, 5.74) is 0. The molecule has 0 saturated heterocycles. The summed E-state index contributed by atoms with van der Waals surface area (Å²) < 4.78 is 0. The molecule has 0 rings (SSSR count). The van der Waals surface area contributed by atoms with Gasteiger partial charge in [-0.3, -0.25) is 0 Å². The number of nitrogens with zero attached hydrogens (tertiary/aromatic N) is 3. The summed E-state index contributed by atoms with van der Waals surface area (Å²) in [5.74, 6) is -2.03. The van der Waals surface area contributed by atoms with Crippen molar-refractivity contribution in [2.75, 3.05) is 0 Å². The third-order valence-electron chi connectivity index (χ3n) is 2.72. The predicted molar refractivity (Wildman–Crippen MR) is 65.0 cm³/mol. The van der Waals surface area contributed by atoms with Gasteiger partial charge in [0.15, 0.2) is 0 Å². The topological polar surface area (TPSA) is 88.3 Å². The molecule has 18 heavy (non-hydrogen) atoms. The lowest BCUT2D eigenvalue weighted by molar-refractivity contribution is 0.253. The lowest BCUT2D eigenvalue weighted by atomic mass is 9.90. The van der Waals surface area contributed by atoms with Gasteiger partial charge in [-0.1, -0.05) is 33.1 Å². The number of unbranched alkanes of at least 4 members (excludes halogenated alkanes) is 1. The van der Waals surface area contributed by atoms with E-state index in [2.05, 4.69) is 15.0 Å². The molecule has 0 radical (unpaired) electrons. The fourth-order valence-corrected chi connectivity index (χ4v) is 1.88. The Labute approximate surface area is 106 Å². The van der Waals surface area contributed by atoms with Crippen LogP contribution in [0.5, 0.6) is 0 Å². The molecule has 1 unspecified atom stereocenters. The number of carbonyl (C=O) groups excluding carboxylic acids is 3.